The molecular formula is C26H23NO10. The van der Waals surface area contributed by atoms with Gasteiger partial charge in [-0.2, -0.15) is 0 Å². The summed E-state index contributed by atoms with van der Waals surface area (Å²) in [5.74, 6) is -1.36. The molecule has 11 heteroatoms. The van der Waals surface area contributed by atoms with Gasteiger partial charge in [-0.25, -0.2) is 9.59 Å². The van der Waals surface area contributed by atoms with Gasteiger partial charge in [0.15, 0.2) is 6.10 Å². The molecule has 3 aromatic carbocycles. The maximum absolute atomic E-state index is 12.7. The highest BCUT2D eigenvalue weighted by atomic mass is 16.7. The van der Waals surface area contributed by atoms with Gasteiger partial charge in [-0.05, 0) is 36.4 Å². The van der Waals surface area contributed by atoms with Crippen LogP contribution in [0.15, 0.2) is 84.9 Å². The van der Waals surface area contributed by atoms with E-state index in [0.29, 0.717) is 0 Å². The molecule has 0 aromatic heterocycles. The fourth-order valence-corrected chi connectivity index (χ4v) is 3.63. The van der Waals surface area contributed by atoms with Crippen molar-refractivity contribution in [2.24, 2.45) is 0 Å². The van der Waals surface area contributed by atoms with E-state index in [4.69, 9.17) is 18.9 Å². The zero-order chi connectivity index (χ0) is 26.4. The molecule has 192 valence electrons. The molecule has 1 saturated heterocycles. The Morgan fingerprint density at radius 3 is 1.97 bits per heavy atom. The molecule has 3 aromatic rings. The summed E-state index contributed by atoms with van der Waals surface area (Å²) in [7, 11) is 0. The monoisotopic (exact) mass is 509 g/mol. The first-order chi connectivity index (χ1) is 17.8. The predicted molar refractivity (Wildman–Crippen MR) is 127 cm³/mol. The number of ether oxygens (including phenoxy) is 4. The molecule has 1 aliphatic heterocycles. The van der Waals surface area contributed by atoms with Crippen molar-refractivity contribution in [3.05, 3.63) is 106 Å². The lowest BCUT2D eigenvalue weighted by Gasteiger charge is -2.41. The van der Waals surface area contributed by atoms with Crippen LogP contribution in [0.25, 0.3) is 0 Å². The molecule has 5 atom stereocenters. The van der Waals surface area contributed by atoms with E-state index in [0.717, 1.165) is 0 Å². The van der Waals surface area contributed by atoms with Crippen molar-refractivity contribution in [2.45, 2.75) is 30.7 Å². The van der Waals surface area contributed by atoms with Gasteiger partial charge < -0.3 is 29.2 Å². The smallest absolute Gasteiger partial charge is 0.338 e. The molecule has 0 unspecified atom stereocenters. The molecule has 1 fully saturated rings. The number of aliphatic hydroxyl groups is 2. The molecule has 0 bridgehead atoms. The van der Waals surface area contributed by atoms with E-state index >= 15 is 0 Å². The average molecular weight is 509 g/mol. The first-order valence-electron chi connectivity index (χ1n) is 11.2. The van der Waals surface area contributed by atoms with Crippen molar-refractivity contribution in [3.63, 3.8) is 0 Å². The van der Waals surface area contributed by atoms with Crippen LogP contribution in [-0.2, 0) is 14.2 Å². The van der Waals surface area contributed by atoms with E-state index in [9.17, 15) is 29.9 Å². The number of aliphatic hydroxyl groups excluding tert-OH is 2. The lowest BCUT2D eigenvalue weighted by molar-refractivity contribution is -0.384. The highest BCUT2D eigenvalue weighted by Gasteiger charge is 2.48. The van der Waals surface area contributed by atoms with Gasteiger partial charge in [0.25, 0.3) is 5.69 Å². The van der Waals surface area contributed by atoms with Crippen LogP contribution in [0.2, 0.25) is 0 Å². The molecule has 37 heavy (non-hydrogen) atoms. The summed E-state index contributed by atoms with van der Waals surface area (Å²) >= 11 is 0. The highest BCUT2D eigenvalue weighted by Crippen LogP contribution is 2.28. The Kier molecular flexibility index (Phi) is 8.08. The first-order valence-corrected chi connectivity index (χ1v) is 11.2. The SMILES string of the molecule is O=C(OC[C@H]1O[C@H](Oc2ccc([N+](=O)[O-])cc2)[C@H](OC(=O)c2ccccc2)[C@@H](O)[C@H]1O)c1ccccc1. The fourth-order valence-electron chi connectivity index (χ4n) is 3.63. The molecule has 1 aliphatic rings. The normalized spacial score (nSPS) is 23.0. The van der Waals surface area contributed by atoms with Crippen LogP contribution in [0.3, 0.4) is 0 Å². The molecular weight excluding hydrogens is 486 g/mol. The number of hydrogen-bond donors (Lipinski definition) is 2. The van der Waals surface area contributed by atoms with Crippen molar-refractivity contribution in [3.8, 4) is 5.75 Å². The summed E-state index contributed by atoms with van der Waals surface area (Å²) < 4.78 is 22.2. The maximum atomic E-state index is 12.7. The number of nitrogens with zero attached hydrogens (tertiary/aromatic N) is 1. The second kappa shape index (κ2) is 11.6. The van der Waals surface area contributed by atoms with Crippen LogP contribution in [0.5, 0.6) is 5.75 Å². The third-order valence-corrected chi connectivity index (χ3v) is 5.59. The minimum absolute atomic E-state index is 0.111. The van der Waals surface area contributed by atoms with Gasteiger partial charge in [0.1, 0.15) is 30.7 Å². The number of esters is 2. The summed E-state index contributed by atoms with van der Waals surface area (Å²) in [5, 5.41) is 32.4. The van der Waals surface area contributed by atoms with Crippen LogP contribution in [0.1, 0.15) is 20.7 Å². The molecule has 0 spiro atoms. The van der Waals surface area contributed by atoms with Crippen LogP contribution < -0.4 is 4.74 Å². The Morgan fingerprint density at radius 1 is 0.838 bits per heavy atom. The number of nitro benzene ring substituents is 1. The van der Waals surface area contributed by atoms with Crippen molar-refractivity contribution >= 4 is 17.6 Å². The van der Waals surface area contributed by atoms with E-state index in [1.807, 2.05) is 0 Å². The van der Waals surface area contributed by atoms with Crippen molar-refractivity contribution in [1.82, 2.24) is 0 Å². The van der Waals surface area contributed by atoms with Crippen LogP contribution >= 0.6 is 0 Å². The van der Waals surface area contributed by atoms with Crippen molar-refractivity contribution < 1.29 is 43.7 Å². The van der Waals surface area contributed by atoms with Crippen molar-refractivity contribution in [2.75, 3.05) is 6.61 Å². The maximum Gasteiger partial charge on any atom is 0.338 e. The van der Waals surface area contributed by atoms with Crippen LogP contribution in [0, 0.1) is 10.1 Å². The molecule has 0 radical (unpaired) electrons. The van der Waals surface area contributed by atoms with Gasteiger partial charge in [0.2, 0.25) is 6.29 Å². The summed E-state index contributed by atoms with van der Waals surface area (Å²) in [6, 6.07) is 21.1. The third-order valence-electron chi connectivity index (χ3n) is 5.59. The second-order valence-corrected chi connectivity index (χ2v) is 8.09. The minimum atomic E-state index is -1.68. The largest absolute Gasteiger partial charge is 0.461 e. The zero-order valence-corrected chi connectivity index (χ0v) is 19.3. The minimum Gasteiger partial charge on any atom is -0.461 e. The third kappa shape index (κ3) is 6.28. The van der Waals surface area contributed by atoms with Crippen LogP contribution in [0.4, 0.5) is 5.69 Å². The summed E-state index contributed by atoms with van der Waals surface area (Å²) in [5.41, 5.74) is 0.295. The van der Waals surface area contributed by atoms with Gasteiger partial charge in [-0.1, -0.05) is 36.4 Å². The van der Waals surface area contributed by atoms with Gasteiger partial charge in [-0.3, -0.25) is 10.1 Å². The Bertz CT molecular complexity index is 1220. The van der Waals surface area contributed by atoms with E-state index in [1.165, 1.54) is 36.4 Å². The Balaban J connectivity index is 1.52. The van der Waals surface area contributed by atoms with Crippen molar-refractivity contribution in [1.29, 1.82) is 0 Å². The molecule has 0 saturated carbocycles. The number of carbonyl (C=O) groups excluding carboxylic acids is 2. The molecule has 0 amide bonds. The standard InChI is InChI=1S/C26H23NO10/c28-21-20(15-34-24(30)16-7-3-1-4-8-16)36-26(35-19-13-11-18(12-14-19)27(32)33)23(22(21)29)37-25(31)17-9-5-2-6-10-17/h1-14,20-23,26,28-29H,15H2/t20-,21+,22+,23-,26+/m1/s1. The van der Waals surface area contributed by atoms with Gasteiger partial charge >= 0.3 is 11.9 Å². The Hall–Kier alpha value is -4.32. The second-order valence-electron chi connectivity index (χ2n) is 8.09. The van der Waals surface area contributed by atoms with Gasteiger partial charge in [0.05, 0.1) is 16.1 Å². The quantitative estimate of drug-likeness (QED) is 0.263. The topological polar surface area (TPSA) is 155 Å². The van der Waals surface area contributed by atoms with E-state index in [2.05, 4.69) is 0 Å². The van der Waals surface area contributed by atoms with E-state index in [1.54, 1.807) is 48.5 Å². The number of hydrogen-bond acceptors (Lipinski definition) is 10. The summed E-state index contributed by atoms with van der Waals surface area (Å²) in [4.78, 5) is 35.4. The fraction of sp³-hybridized carbons (Fsp3) is 0.231. The zero-order valence-electron chi connectivity index (χ0n) is 19.3. The van der Waals surface area contributed by atoms with E-state index in [-0.39, 0.29) is 22.6 Å². The number of carbonyl (C=O) groups is 2. The number of non-ortho nitro benzene ring substituents is 1. The Labute approximate surface area is 210 Å². The number of benzene rings is 3. The number of nitro groups is 1. The molecule has 0 aliphatic carbocycles. The average Bonchev–Trinajstić information content (AvgIpc) is 2.93. The Morgan fingerprint density at radius 2 is 1.41 bits per heavy atom. The molecule has 1 heterocycles. The van der Waals surface area contributed by atoms with E-state index < -0.39 is 54.2 Å². The van der Waals surface area contributed by atoms with Gasteiger partial charge in [-0.15, -0.1) is 0 Å². The first kappa shape index (κ1) is 25.8. The summed E-state index contributed by atoms with van der Waals surface area (Å²) in [6.07, 6.45) is -7.46. The van der Waals surface area contributed by atoms with Crippen LogP contribution in [-0.4, -0.2) is 64.4 Å². The highest BCUT2D eigenvalue weighted by molar-refractivity contribution is 5.89. The predicted octanol–water partition coefficient (Wildman–Crippen LogP) is 2.50. The lowest BCUT2D eigenvalue weighted by atomic mass is 9.99. The number of rotatable bonds is 8. The van der Waals surface area contributed by atoms with Gasteiger partial charge in [0, 0.05) is 12.1 Å². The lowest BCUT2D eigenvalue weighted by Crippen LogP contribution is -2.61. The molecule has 4 rings (SSSR count). The molecule has 11 nitrogen and oxygen atoms in total. The summed E-state index contributed by atoms with van der Waals surface area (Å²) in [6.45, 7) is -0.439. The molecule has 2 N–H and O–H groups in total.